The summed E-state index contributed by atoms with van der Waals surface area (Å²) in [6, 6.07) is 2.41. The van der Waals surface area contributed by atoms with E-state index in [1.54, 1.807) is 6.20 Å². The number of rotatable bonds is 6. The fourth-order valence-corrected chi connectivity index (χ4v) is 3.15. The third-order valence-electron chi connectivity index (χ3n) is 4.53. The summed E-state index contributed by atoms with van der Waals surface area (Å²) in [4.78, 5) is 15.8. The molecule has 0 aromatic carbocycles. The quantitative estimate of drug-likeness (QED) is 0.792. The zero-order valence-electron chi connectivity index (χ0n) is 15.7. The average molecular weight is 330 g/mol. The summed E-state index contributed by atoms with van der Waals surface area (Å²) in [7, 11) is 2.18. The Labute approximate surface area is 146 Å². The van der Waals surface area contributed by atoms with Gasteiger partial charge >= 0.3 is 0 Å². The largest absolute Gasteiger partial charge is 0.352 e. The molecular formula is C18H30N6. The second-order valence-corrected chi connectivity index (χ2v) is 7.31. The number of nitrogens with zero attached hydrogens (tertiary/aromatic N) is 6. The summed E-state index contributed by atoms with van der Waals surface area (Å²) in [6.07, 6.45) is 1.76. The normalized spacial score (nSPS) is 17.7. The van der Waals surface area contributed by atoms with Crippen LogP contribution in [0.1, 0.15) is 32.2 Å². The molecule has 1 aliphatic rings. The van der Waals surface area contributed by atoms with E-state index in [9.17, 15) is 0 Å². The van der Waals surface area contributed by atoms with Crippen LogP contribution in [-0.4, -0.2) is 72.1 Å². The first-order chi connectivity index (χ1) is 11.4. The van der Waals surface area contributed by atoms with Crippen LogP contribution < -0.4 is 4.90 Å². The number of anilines is 1. The third kappa shape index (κ3) is 4.89. The molecule has 0 aliphatic carbocycles. The first-order valence-corrected chi connectivity index (χ1v) is 8.82. The van der Waals surface area contributed by atoms with Gasteiger partial charge in [0.1, 0.15) is 11.9 Å². The Balaban J connectivity index is 2.17. The lowest BCUT2D eigenvalue weighted by atomic mass is 10.1. The van der Waals surface area contributed by atoms with Crippen molar-refractivity contribution in [1.82, 2.24) is 19.8 Å². The second-order valence-electron chi connectivity index (χ2n) is 7.31. The topological polar surface area (TPSA) is 59.3 Å². The van der Waals surface area contributed by atoms with Crippen molar-refractivity contribution >= 4 is 5.82 Å². The van der Waals surface area contributed by atoms with Gasteiger partial charge in [0.25, 0.3) is 0 Å². The minimum absolute atomic E-state index is 0.246. The van der Waals surface area contributed by atoms with Crippen molar-refractivity contribution in [2.24, 2.45) is 5.92 Å². The SMILES string of the molecule is Cc1cnc(C#N)nc1N(CC(C)C)C(C)CN1CCN(C)CC1. The maximum Gasteiger partial charge on any atom is 0.234 e. The summed E-state index contributed by atoms with van der Waals surface area (Å²) in [5.41, 5.74) is 1.03. The molecule has 6 nitrogen and oxygen atoms in total. The molecular weight excluding hydrogens is 300 g/mol. The number of hydrogen-bond acceptors (Lipinski definition) is 6. The third-order valence-corrected chi connectivity index (χ3v) is 4.53. The van der Waals surface area contributed by atoms with Crippen LogP contribution in [0.15, 0.2) is 6.20 Å². The van der Waals surface area contributed by atoms with Gasteiger partial charge in [-0.1, -0.05) is 13.8 Å². The molecule has 1 saturated heterocycles. The number of hydrogen-bond donors (Lipinski definition) is 0. The Morgan fingerprint density at radius 1 is 1.25 bits per heavy atom. The van der Waals surface area contributed by atoms with E-state index in [4.69, 9.17) is 5.26 Å². The summed E-state index contributed by atoms with van der Waals surface area (Å²) < 4.78 is 0. The molecule has 1 atom stereocenters. The molecule has 0 amide bonds. The lowest BCUT2D eigenvalue weighted by molar-refractivity contribution is 0.147. The van der Waals surface area contributed by atoms with Crippen molar-refractivity contribution in [2.45, 2.75) is 33.7 Å². The number of piperazine rings is 1. The van der Waals surface area contributed by atoms with Crippen LogP contribution in [0.25, 0.3) is 0 Å². The van der Waals surface area contributed by atoms with Gasteiger partial charge in [-0.3, -0.25) is 4.90 Å². The van der Waals surface area contributed by atoms with E-state index in [0.717, 1.165) is 50.6 Å². The Morgan fingerprint density at radius 2 is 1.92 bits per heavy atom. The zero-order chi connectivity index (χ0) is 17.7. The van der Waals surface area contributed by atoms with Gasteiger partial charge in [-0.15, -0.1) is 0 Å². The summed E-state index contributed by atoms with van der Waals surface area (Å²) >= 11 is 0. The molecule has 1 unspecified atom stereocenters. The highest BCUT2D eigenvalue weighted by Gasteiger charge is 2.23. The summed E-state index contributed by atoms with van der Waals surface area (Å²) in [5.74, 6) is 1.67. The van der Waals surface area contributed by atoms with E-state index in [2.05, 4.69) is 58.6 Å². The lowest BCUT2D eigenvalue weighted by Gasteiger charge is -2.38. The maximum atomic E-state index is 9.13. The van der Waals surface area contributed by atoms with Crippen LogP contribution in [0.5, 0.6) is 0 Å². The van der Waals surface area contributed by atoms with Crippen molar-refractivity contribution < 1.29 is 0 Å². The predicted molar refractivity (Wildman–Crippen MR) is 97.1 cm³/mol. The Hall–Kier alpha value is -1.71. The Kier molecular flexibility index (Phi) is 6.52. The predicted octanol–water partition coefficient (Wildman–Crippen LogP) is 1.75. The highest BCUT2D eigenvalue weighted by Crippen LogP contribution is 2.21. The Morgan fingerprint density at radius 3 is 2.50 bits per heavy atom. The van der Waals surface area contributed by atoms with Gasteiger partial charge in [-0.05, 0) is 26.8 Å². The molecule has 1 fully saturated rings. The molecule has 0 saturated carbocycles. The van der Waals surface area contributed by atoms with Crippen molar-refractivity contribution in [3.05, 3.63) is 17.6 Å². The van der Waals surface area contributed by atoms with Crippen molar-refractivity contribution in [3.63, 3.8) is 0 Å². The van der Waals surface area contributed by atoms with Gasteiger partial charge in [0.05, 0.1) is 0 Å². The van der Waals surface area contributed by atoms with Gasteiger partial charge in [0.15, 0.2) is 0 Å². The molecule has 1 aromatic rings. The number of aryl methyl sites for hydroxylation is 1. The van der Waals surface area contributed by atoms with E-state index < -0.39 is 0 Å². The molecule has 0 spiro atoms. The highest BCUT2D eigenvalue weighted by atomic mass is 15.3. The molecule has 6 heteroatoms. The fraction of sp³-hybridized carbons (Fsp3) is 0.722. The first kappa shape index (κ1) is 18.6. The van der Waals surface area contributed by atoms with E-state index in [1.807, 2.05) is 6.92 Å². The molecule has 2 heterocycles. The lowest BCUT2D eigenvalue weighted by Crippen LogP contribution is -2.50. The number of nitriles is 1. The molecule has 132 valence electrons. The van der Waals surface area contributed by atoms with Gasteiger partial charge in [0.2, 0.25) is 5.82 Å². The van der Waals surface area contributed by atoms with Crippen LogP contribution in [0, 0.1) is 24.2 Å². The van der Waals surface area contributed by atoms with Gasteiger partial charge in [-0.2, -0.15) is 5.26 Å². The zero-order valence-corrected chi connectivity index (χ0v) is 15.7. The molecule has 24 heavy (non-hydrogen) atoms. The molecule has 1 aliphatic heterocycles. The molecule has 0 N–H and O–H groups in total. The highest BCUT2D eigenvalue weighted by molar-refractivity contribution is 5.47. The Bertz CT molecular complexity index is 571. The fourth-order valence-electron chi connectivity index (χ4n) is 3.15. The van der Waals surface area contributed by atoms with Crippen molar-refractivity contribution in [3.8, 4) is 6.07 Å². The standard InChI is InChI=1S/C18H30N6/c1-14(2)12-24(18-15(3)11-20-17(10-19)21-18)16(4)13-23-8-6-22(5)7-9-23/h11,14,16H,6-9,12-13H2,1-5H3. The van der Waals surface area contributed by atoms with E-state index in [0.29, 0.717) is 12.0 Å². The van der Waals surface area contributed by atoms with Crippen LogP contribution in [0.3, 0.4) is 0 Å². The van der Waals surface area contributed by atoms with Gasteiger partial charge < -0.3 is 9.80 Å². The van der Waals surface area contributed by atoms with E-state index in [1.165, 1.54) is 0 Å². The minimum atomic E-state index is 0.246. The smallest absolute Gasteiger partial charge is 0.234 e. The maximum absolute atomic E-state index is 9.13. The van der Waals surface area contributed by atoms with E-state index in [-0.39, 0.29) is 5.82 Å². The van der Waals surface area contributed by atoms with Gasteiger partial charge in [-0.25, -0.2) is 9.97 Å². The average Bonchev–Trinajstić information content (AvgIpc) is 2.55. The monoisotopic (exact) mass is 330 g/mol. The van der Waals surface area contributed by atoms with Crippen LogP contribution in [0.2, 0.25) is 0 Å². The molecule has 1 aromatic heterocycles. The van der Waals surface area contributed by atoms with E-state index >= 15 is 0 Å². The van der Waals surface area contributed by atoms with Gasteiger partial charge in [0, 0.05) is 57.1 Å². The van der Waals surface area contributed by atoms with Crippen molar-refractivity contribution in [2.75, 3.05) is 51.2 Å². The molecule has 0 radical (unpaired) electrons. The first-order valence-electron chi connectivity index (χ1n) is 8.82. The van der Waals surface area contributed by atoms with Crippen LogP contribution >= 0.6 is 0 Å². The van der Waals surface area contributed by atoms with Crippen molar-refractivity contribution in [1.29, 1.82) is 5.26 Å². The molecule has 2 rings (SSSR count). The number of likely N-dealkylation sites (N-methyl/N-ethyl adjacent to an activating group) is 1. The second kappa shape index (κ2) is 8.41. The molecule has 0 bridgehead atoms. The van der Waals surface area contributed by atoms with Crippen LogP contribution in [0.4, 0.5) is 5.82 Å². The minimum Gasteiger partial charge on any atom is -0.352 e. The summed E-state index contributed by atoms with van der Waals surface area (Å²) in [6.45, 7) is 15.1. The summed E-state index contributed by atoms with van der Waals surface area (Å²) in [5, 5.41) is 9.13. The number of aromatic nitrogens is 2. The van der Waals surface area contributed by atoms with Crippen LogP contribution in [-0.2, 0) is 0 Å².